The van der Waals surface area contributed by atoms with Crippen molar-refractivity contribution in [3.63, 3.8) is 0 Å². The summed E-state index contributed by atoms with van der Waals surface area (Å²) in [4.78, 5) is 38.3. The Labute approximate surface area is 440 Å². The van der Waals surface area contributed by atoms with E-state index < -0.39 is 6.10 Å². The lowest BCUT2D eigenvalue weighted by molar-refractivity contribution is -0.167. The molecule has 412 valence electrons. The molecular formula is C65H116O6. The van der Waals surface area contributed by atoms with Crippen LogP contribution in [0.1, 0.15) is 316 Å². The summed E-state index contributed by atoms with van der Waals surface area (Å²) in [6.45, 7) is 6.62. The van der Waals surface area contributed by atoms with Crippen LogP contribution in [0.3, 0.4) is 0 Å². The van der Waals surface area contributed by atoms with E-state index in [0.29, 0.717) is 19.3 Å². The first kappa shape index (κ1) is 68.1. The van der Waals surface area contributed by atoms with Crippen molar-refractivity contribution in [1.29, 1.82) is 0 Å². The fourth-order valence-electron chi connectivity index (χ4n) is 8.89. The van der Waals surface area contributed by atoms with Crippen LogP contribution in [-0.4, -0.2) is 37.2 Å². The van der Waals surface area contributed by atoms with Crippen LogP contribution in [0.15, 0.2) is 60.8 Å². The number of hydrogen-bond donors (Lipinski definition) is 0. The molecule has 0 bridgehead atoms. The van der Waals surface area contributed by atoms with Crippen LogP contribution in [0.25, 0.3) is 0 Å². The molecule has 0 saturated carbocycles. The van der Waals surface area contributed by atoms with E-state index in [2.05, 4.69) is 81.5 Å². The second kappa shape index (κ2) is 59.7. The second-order valence-corrected chi connectivity index (χ2v) is 20.7. The highest BCUT2D eigenvalue weighted by molar-refractivity contribution is 5.71. The van der Waals surface area contributed by atoms with Crippen molar-refractivity contribution in [2.45, 2.75) is 322 Å². The molecule has 6 heteroatoms. The third kappa shape index (κ3) is 57.9. The van der Waals surface area contributed by atoms with Crippen LogP contribution in [-0.2, 0) is 28.6 Å². The molecule has 0 spiro atoms. The number of allylic oxidation sites excluding steroid dienone is 10. The molecule has 0 N–H and O–H groups in total. The van der Waals surface area contributed by atoms with E-state index in [1.54, 1.807) is 0 Å². The van der Waals surface area contributed by atoms with E-state index in [-0.39, 0.29) is 31.1 Å². The standard InChI is InChI=1S/C65H116O6/c1-4-7-10-13-16-19-22-25-28-31-34-37-40-43-46-49-52-55-58-64(67)70-61-62(60-69-63(66)57-54-51-48-45-42-39-36-33-30-27-24-21-18-15-12-9-6-3)71-65(68)59-56-53-50-47-44-41-38-35-32-29-26-23-20-17-14-11-8-5-2/h18,21-22,25,27-28,30-31,34,37,62H,4-17,19-20,23-24,26,29,32-33,35-36,38-61H2,1-3H3/b21-18-,25-22-,30-27-,31-28-,37-34-. The Balaban J connectivity index is 4.41. The van der Waals surface area contributed by atoms with Crippen LogP contribution >= 0.6 is 0 Å². The highest BCUT2D eigenvalue weighted by atomic mass is 16.6. The molecular weight excluding hydrogens is 877 g/mol. The van der Waals surface area contributed by atoms with Gasteiger partial charge in [0, 0.05) is 19.3 Å². The van der Waals surface area contributed by atoms with Crippen LogP contribution in [0, 0.1) is 0 Å². The Bertz CT molecular complexity index is 1280. The Kier molecular flexibility index (Phi) is 57.2. The van der Waals surface area contributed by atoms with Gasteiger partial charge < -0.3 is 14.2 Å². The minimum absolute atomic E-state index is 0.0825. The number of carbonyl (C=O) groups excluding carboxylic acids is 3. The Morgan fingerprint density at radius 3 is 0.915 bits per heavy atom. The zero-order chi connectivity index (χ0) is 51.4. The molecule has 6 nitrogen and oxygen atoms in total. The third-order valence-electron chi connectivity index (χ3n) is 13.6. The van der Waals surface area contributed by atoms with Crippen LogP contribution in [0.4, 0.5) is 0 Å². The van der Waals surface area contributed by atoms with Crippen molar-refractivity contribution in [3.8, 4) is 0 Å². The normalized spacial score (nSPS) is 12.4. The first-order valence-electron chi connectivity index (χ1n) is 30.8. The van der Waals surface area contributed by atoms with E-state index in [1.165, 1.54) is 186 Å². The molecule has 0 aromatic carbocycles. The van der Waals surface area contributed by atoms with Gasteiger partial charge in [-0.05, 0) is 77.0 Å². The molecule has 1 unspecified atom stereocenters. The Morgan fingerprint density at radius 2 is 0.563 bits per heavy atom. The van der Waals surface area contributed by atoms with Crippen molar-refractivity contribution in [2.24, 2.45) is 0 Å². The molecule has 0 aliphatic heterocycles. The lowest BCUT2D eigenvalue weighted by atomic mass is 10.0. The first-order valence-corrected chi connectivity index (χ1v) is 30.8. The monoisotopic (exact) mass is 993 g/mol. The SMILES string of the molecule is CCCCC/C=C\C/C=C\CCCCCCCCCC(=O)OCC(COC(=O)CCCCCCC\C=C/C=C\C=C/CCCCCCC)OC(=O)CCCCCCCCCCCCCCCCCCCC. The van der Waals surface area contributed by atoms with Gasteiger partial charge in [-0.25, -0.2) is 0 Å². The van der Waals surface area contributed by atoms with Crippen LogP contribution in [0.5, 0.6) is 0 Å². The van der Waals surface area contributed by atoms with Gasteiger partial charge in [0.15, 0.2) is 6.10 Å². The summed E-state index contributed by atoms with van der Waals surface area (Å²) < 4.78 is 16.9. The quantitative estimate of drug-likeness (QED) is 0.0199. The molecule has 0 aliphatic rings. The highest BCUT2D eigenvalue weighted by Gasteiger charge is 2.19. The van der Waals surface area contributed by atoms with Gasteiger partial charge in [-0.1, -0.05) is 281 Å². The molecule has 0 rings (SSSR count). The number of hydrogen-bond acceptors (Lipinski definition) is 6. The predicted molar refractivity (Wildman–Crippen MR) is 307 cm³/mol. The maximum absolute atomic E-state index is 12.9. The van der Waals surface area contributed by atoms with E-state index in [4.69, 9.17) is 14.2 Å². The van der Waals surface area contributed by atoms with Gasteiger partial charge in [-0.2, -0.15) is 0 Å². The van der Waals surface area contributed by atoms with Crippen LogP contribution < -0.4 is 0 Å². The topological polar surface area (TPSA) is 78.9 Å². The van der Waals surface area contributed by atoms with Crippen molar-refractivity contribution in [1.82, 2.24) is 0 Å². The molecule has 71 heavy (non-hydrogen) atoms. The lowest BCUT2D eigenvalue weighted by Crippen LogP contribution is -2.30. The number of unbranched alkanes of at least 4 members (excludes halogenated alkanes) is 37. The van der Waals surface area contributed by atoms with E-state index in [0.717, 1.165) is 89.9 Å². The van der Waals surface area contributed by atoms with Gasteiger partial charge in [0.05, 0.1) is 0 Å². The lowest BCUT2D eigenvalue weighted by Gasteiger charge is -2.18. The van der Waals surface area contributed by atoms with Crippen molar-refractivity contribution < 1.29 is 28.6 Å². The van der Waals surface area contributed by atoms with E-state index >= 15 is 0 Å². The summed E-state index contributed by atoms with van der Waals surface area (Å²) in [6, 6.07) is 0. The average Bonchev–Trinajstić information content (AvgIpc) is 3.37. The Morgan fingerprint density at radius 1 is 0.296 bits per heavy atom. The maximum atomic E-state index is 12.9. The zero-order valence-corrected chi connectivity index (χ0v) is 47.2. The summed E-state index contributed by atoms with van der Waals surface area (Å²) in [7, 11) is 0. The summed E-state index contributed by atoms with van der Waals surface area (Å²) in [5.74, 6) is -0.893. The van der Waals surface area contributed by atoms with Gasteiger partial charge in [-0.3, -0.25) is 14.4 Å². The number of rotatable bonds is 56. The maximum Gasteiger partial charge on any atom is 0.306 e. The summed E-state index contributed by atoms with van der Waals surface area (Å²) >= 11 is 0. The van der Waals surface area contributed by atoms with Crippen molar-refractivity contribution in [2.75, 3.05) is 13.2 Å². The largest absolute Gasteiger partial charge is 0.462 e. The predicted octanol–water partition coefficient (Wildman–Crippen LogP) is 20.8. The summed E-state index contributed by atoms with van der Waals surface area (Å²) in [5.41, 5.74) is 0. The van der Waals surface area contributed by atoms with Gasteiger partial charge in [0.1, 0.15) is 13.2 Å². The fraction of sp³-hybridized carbons (Fsp3) is 0.800. The number of esters is 3. The van der Waals surface area contributed by atoms with E-state index in [9.17, 15) is 14.4 Å². The number of ether oxygens (including phenoxy) is 3. The molecule has 0 saturated heterocycles. The fourth-order valence-corrected chi connectivity index (χ4v) is 8.89. The molecule has 0 heterocycles. The van der Waals surface area contributed by atoms with Gasteiger partial charge >= 0.3 is 17.9 Å². The molecule has 0 aromatic rings. The molecule has 0 aliphatic carbocycles. The molecule has 0 amide bonds. The summed E-state index contributed by atoms with van der Waals surface area (Å²) in [5, 5.41) is 0. The number of carbonyl (C=O) groups is 3. The molecule has 0 aromatic heterocycles. The van der Waals surface area contributed by atoms with Crippen molar-refractivity contribution >= 4 is 17.9 Å². The average molecular weight is 994 g/mol. The third-order valence-corrected chi connectivity index (χ3v) is 13.6. The second-order valence-electron chi connectivity index (χ2n) is 20.7. The summed E-state index contributed by atoms with van der Waals surface area (Å²) in [6.07, 6.45) is 74.9. The smallest absolute Gasteiger partial charge is 0.306 e. The minimum atomic E-state index is -0.785. The molecule has 0 fully saturated rings. The van der Waals surface area contributed by atoms with Gasteiger partial charge in [0.2, 0.25) is 0 Å². The van der Waals surface area contributed by atoms with Crippen molar-refractivity contribution in [3.05, 3.63) is 60.8 Å². The van der Waals surface area contributed by atoms with Gasteiger partial charge in [-0.15, -0.1) is 0 Å². The minimum Gasteiger partial charge on any atom is -0.462 e. The zero-order valence-electron chi connectivity index (χ0n) is 47.2. The molecule has 1 atom stereocenters. The van der Waals surface area contributed by atoms with Gasteiger partial charge in [0.25, 0.3) is 0 Å². The highest BCUT2D eigenvalue weighted by Crippen LogP contribution is 2.17. The molecule has 0 radical (unpaired) electrons. The van der Waals surface area contributed by atoms with Crippen LogP contribution in [0.2, 0.25) is 0 Å². The first-order chi connectivity index (χ1) is 35.0. The van der Waals surface area contributed by atoms with E-state index in [1.807, 2.05) is 0 Å². The Hall–Kier alpha value is -2.89.